The zero-order chi connectivity index (χ0) is 17.6. The minimum atomic E-state index is -0.0325. The Balaban J connectivity index is 1.63. The second-order valence-electron chi connectivity index (χ2n) is 7.46. The van der Waals surface area contributed by atoms with E-state index in [2.05, 4.69) is 28.9 Å². The molecule has 0 unspecified atom stereocenters. The number of unbranched alkanes of at least 4 members (excludes halogenated alkanes) is 2. The molecule has 0 aliphatic heterocycles. The molecular formula is C23H28BrF. The van der Waals surface area contributed by atoms with E-state index in [-0.39, 0.29) is 5.82 Å². The van der Waals surface area contributed by atoms with Gasteiger partial charge in [0.25, 0.3) is 0 Å². The summed E-state index contributed by atoms with van der Waals surface area (Å²) in [6, 6.07) is 13.9. The van der Waals surface area contributed by atoms with Crippen LogP contribution in [0.1, 0.15) is 69.8 Å². The first kappa shape index (κ1) is 18.6. The lowest BCUT2D eigenvalue weighted by Crippen LogP contribution is -2.14. The van der Waals surface area contributed by atoms with Crippen LogP contribution in [0.4, 0.5) is 4.39 Å². The van der Waals surface area contributed by atoms with E-state index in [4.69, 9.17) is 0 Å². The number of benzene rings is 2. The number of hydrogen-bond acceptors (Lipinski definition) is 0. The van der Waals surface area contributed by atoms with Gasteiger partial charge in [0.2, 0.25) is 0 Å². The summed E-state index contributed by atoms with van der Waals surface area (Å²) >= 11 is 3.45. The fraction of sp³-hybridized carbons (Fsp3) is 0.478. The number of rotatable bonds is 6. The molecule has 0 saturated heterocycles. The van der Waals surface area contributed by atoms with Gasteiger partial charge in [-0.25, -0.2) is 4.39 Å². The molecule has 0 nitrogen and oxygen atoms in total. The van der Waals surface area contributed by atoms with E-state index in [1.165, 1.54) is 38.5 Å². The van der Waals surface area contributed by atoms with Crippen molar-refractivity contribution in [2.45, 2.75) is 64.2 Å². The average molecular weight is 403 g/mol. The first-order valence-electron chi connectivity index (χ1n) is 9.72. The number of halogens is 2. The summed E-state index contributed by atoms with van der Waals surface area (Å²) in [7, 11) is 0. The van der Waals surface area contributed by atoms with Crippen LogP contribution in [-0.4, -0.2) is 0 Å². The van der Waals surface area contributed by atoms with Crippen molar-refractivity contribution in [2.75, 3.05) is 0 Å². The van der Waals surface area contributed by atoms with Crippen LogP contribution in [0, 0.1) is 11.7 Å². The van der Waals surface area contributed by atoms with E-state index < -0.39 is 0 Å². The van der Waals surface area contributed by atoms with Gasteiger partial charge in [0.15, 0.2) is 0 Å². The summed E-state index contributed by atoms with van der Waals surface area (Å²) in [5, 5.41) is 0. The molecular weight excluding hydrogens is 375 g/mol. The molecule has 0 atom stereocenters. The average Bonchev–Trinajstić information content (AvgIpc) is 2.63. The van der Waals surface area contributed by atoms with Crippen LogP contribution < -0.4 is 0 Å². The molecule has 0 spiro atoms. The zero-order valence-electron chi connectivity index (χ0n) is 15.1. The van der Waals surface area contributed by atoms with Crippen LogP contribution in [0.3, 0.4) is 0 Å². The molecule has 0 heterocycles. The Morgan fingerprint density at radius 3 is 2.24 bits per heavy atom. The maximum atomic E-state index is 14.7. The molecule has 1 aliphatic rings. The largest absolute Gasteiger partial charge is 0.207 e. The molecule has 1 fully saturated rings. The predicted octanol–water partition coefficient (Wildman–Crippen LogP) is 8.11. The van der Waals surface area contributed by atoms with Crippen LogP contribution in [-0.2, 0) is 0 Å². The molecule has 1 aliphatic carbocycles. The normalized spacial score (nSPS) is 20.6. The van der Waals surface area contributed by atoms with Crippen molar-refractivity contribution in [2.24, 2.45) is 5.92 Å². The Morgan fingerprint density at radius 1 is 0.920 bits per heavy atom. The Hall–Kier alpha value is -1.15. The Bertz CT molecular complexity index is 669. The molecule has 0 amide bonds. The highest BCUT2D eigenvalue weighted by atomic mass is 79.9. The highest BCUT2D eigenvalue weighted by molar-refractivity contribution is 9.10. The summed E-state index contributed by atoms with van der Waals surface area (Å²) in [5.74, 6) is 1.24. The molecule has 25 heavy (non-hydrogen) atoms. The molecule has 1 saturated carbocycles. The lowest BCUT2D eigenvalue weighted by atomic mass is 9.76. The summed E-state index contributed by atoms with van der Waals surface area (Å²) in [4.78, 5) is 0. The first-order valence-corrected chi connectivity index (χ1v) is 10.5. The van der Waals surface area contributed by atoms with E-state index >= 15 is 0 Å². The first-order chi connectivity index (χ1) is 12.2. The lowest BCUT2D eigenvalue weighted by Gasteiger charge is -2.29. The van der Waals surface area contributed by atoms with Crippen molar-refractivity contribution in [1.82, 2.24) is 0 Å². The van der Waals surface area contributed by atoms with Gasteiger partial charge in [0.05, 0.1) is 0 Å². The fourth-order valence-corrected chi connectivity index (χ4v) is 4.39. The van der Waals surface area contributed by atoms with E-state index in [0.29, 0.717) is 5.92 Å². The minimum Gasteiger partial charge on any atom is -0.207 e. The summed E-state index contributed by atoms with van der Waals surface area (Å²) in [5.41, 5.74) is 2.95. The smallest absolute Gasteiger partial charge is 0.127 e. The Kier molecular flexibility index (Phi) is 6.70. The van der Waals surface area contributed by atoms with Crippen molar-refractivity contribution in [3.63, 3.8) is 0 Å². The van der Waals surface area contributed by atoms with Crippen LogP contribution in [0.5, 0.6) is 0 Å². The highest BCUT2D eigenvalue weighted by Crippen LogP contribution is 2.39. The van der Waals surface area contributed by atoms with Crippen molar-refractivity contribution in [3.8, 4) is 11.1 Å². The monoisotopic (exact) mass is 402 g/mol. The third kappa shape index (κ3) is 4.94. The van der Waals surface area contributed by atoms with E-state index in [9.17, 15) is 4.39 Å². The van der Waals surface area contributed by atoms with Crippen molar-refractivity contribution < 1.29 is 4.39 Å². The minimum absolute atomic E-state index is 0.0325. The highest BCUT2D eigenvalue weighted by Gasteiger charge is 2.24. The Labute approximate surface area is 160 Å². The van der Waals surface area contributed by atoms with Crippen LogP contribution in [0.2, 0.25) is 0 Å². The molecule has 3 rings (SSSR count). The third-order valence-electron chi connectivity index (χ3n) is 5.68. The maximum Gasteiger partial charge on any atom is 0.127 e. The second kappa shape index (κ2) is 8.98. The second-order valence-corrected chi connectivity index (χ2v) is 8.37. The SMILES string of the molecule is CCCCCC1CCC(c2ccc(-c3ccc(Br)cc3)cc2F)CC1. The predicted molar refractivity (Wildman–Crippen MR) is 108 cm³/mol. The molecule has 0 aromatic heterocycles. The van der Waals surface area contributed by atoms with Gasteiger partial charge in [0.1, 0.15) is 5.82 Å². The van der Waals surface area contributed by atoms with Crippen LogP contribution in [0.15, 0.2) is 46.9 Å². The zero-order valence-corrected chi connectivity index (χ0v) is 16.7. The maximum absolute atomic E-state index is 14.7. The molecule has 134 valence electrons. The molecule has 0 N–H and O–H groups in total. The van der Waals surface area contributed by atoms with Gasteiger partial charge >= 0.3 is 0 Å². The van der Waals surface area contributed by atoms with Crippen molar-refractivity contribution in [3.05, 3.63) is 58.3 Å². The number of hydrogen-bond donors (Lipinski definition) is 0. The van der Waals surface area contributed by atoms with Gasteiger partial charge in [0, 0.05) is 4.47 Å². The van der Waals surface area contributed by atoms with Gasteiger partial charge in [-0.3, -0.25) is 0 Å². The quantitative estimate of drug-likeness (QED) is 0.427. The summed E-state index contributed by atoms with van der Waals surface area (Å²) in [6.45, 7) is 2.26. The van der Waals surface area contributed by atoms with Gasteiger partial charge in [-0.15, -0.1) is 0 Å². The van der Waals surface area contributed by atoms with Crippen LogP contribution in [0.25, 0.3) is 11.1 Å². The van der Waals surface area contributed by atoms with Gasteiger partial charge in [-0.05, 0) is 72.4 Å². The van der Waals surface area contributed by atoms with Gasteiger partial charge < -0.3 is 0 Å². The van der Waals surface area contributed by atoms with Crippen LogP contribution >= 0.6 is 15.9 Å². The molecule has 0 bridgehead atoms. The standard InChI is InChI=1S/C23H28BrF/c1-2-3-4-5-17-6-8-19(9-7-17)22-15-12-20(16-23(22)25)18-10-13-21(24)14-11-18/h10-17,19H,2-9H2,1H3. The molecule has 2 aromatic rings. The molecule has 2 aromatic carbocycles. The molecule has 2 heteroatoms. The summed E-state index contributed by atoms with van der Waals surface area (Å²) in [6.07, 6.45) is 10.2. The van der Waals surface area contributed by atoms with Crippen molar-refractivity contribution in [1.29, 1.82) is 0 Å². The fourth-order valence-electron chi connectivity index (χ4n) is 4.13. The third-order valence-corrected chi connectivity index (χ3v) is 6.21. The topological polar surface area (TPSA) is 0 Å². The summed E-state index contributed by atoms with van der Waals surface area (Å²) < 4.78 is 15.8. The molecule has 0 radical (unpaired) electrons. The van der Waals surface area contributed by atoms with E-state index in [1.807, 2.05) is 30.3 Å². The Morgan fingerprint density at radius 2 is 1.60 bits per heavy atom. The lowest BCUT2D eigenvalue weighted by molar-refractivity contribution is 0.299. The van der Waals surface area contributed by atoms with Gasteiger partial charge in [-0.1, -0.05) is 72.8 Å². The van der Waals surface area contributed by atoms with Gasteiger partial charge in [-0.2, -0.15) is 0 Å². The van der Waals surface area contributed by atoms with E-state index in [1.54, 1.807) is 6.07 Å². The van der Waals surface area contributed by atoms with Crippen molar-refractivity contribution >= 4 is 15.9 Å². The van der Waals surface area contributed by atoms with E-state index in [0.717, 1.165) is 39.9 Å².